The van der Waals surface area contributed by atoms with E-state index in [4.69, 9.17) is 11.6 Å². The zero-order chi connectivity index (χ0) is 22.1. The number of rotatable bonds is 8. The molecule has 3 aromatic carbocycles. The van der Waals surface area contributed by atoms with E-state index >= 15 is 0 Å². The summed E-state index contributed by atoms with van der Waals surface area (Å²) in [5.74, 6) is -1.40. The number of nitrogens with one attached hydrogen (secondary N) is 3. The summed E-state index contributed by atoms with van der Waals surface area (Å²) in [6, 6.07) is 24.6. The highest BCUT2D eigenvalue weighted by Crippen LogP contribution is 2.13. The van der Waals surface area contributed by atoms with Gasteiger partial charge in [-0.3, -0.25) is 14.4 Å². The monoisotopic (exact) mass is 435 g/mol. The Labute approximate surface area is 185 Å². The lowest BCUT2D eigenvalue weighted by molar-refractivity contribution is -0.126. The SMILES string of the molecule is O=C(CCc1ccccc1)NC(NC(=O)c1ccccc1)C(=O)Nc1ccc(Cl)cc1. The fourth-order valence-electron chi connectivity index (χ4n) is 2.85. The molecule has 3 aromatic rings. The summed E-state index contributed by atoms with van der Waals surface area (Å²) in [6.45, 7) is 0. The Balaban J connectivity index is 1.68. The molecule has 3 amide bonds. The molecule has 0 aliphatic rings. The first-order chi connectivity index (χ1) is 15.0. The van der Waals surface area contributed by atoms with E-state index < -0.39 is 18.0 Å². The van der Waals surface area contributed by atoms with Crippen molar-refractivity contribution in [3.63, 3.8) is 0 Å². The number of halogens is 1. The van der Waals surface area contributed by atoms with Crippen molar-refractivity contribution >= 4 is 35.0 Å². The topological polar surface area (TPSA) is 87.3 Å². The van der Waals surface area contributed by atoms with E-state index in [0.29, 0.717) is 22.7 Å². The van der Waals surface area contributed by atoms with Crippen molar-refractivity contribution in [1.29, 1.82) is 0 Å². The van der Waals surface area contributed by atoms with E-state index in [1.54, 1.807) is 54.6 Å². The third-order valence-electron chi connectivity index (χ3n) is 4.47. The lowest BCUT2D eigenvalue weighted by Gasteiger charge is -2.20. The molecule has 0 saturated carbocycles. The molecule has 1 unspecified atom stereocenters. The van der Waals surface area contributed by atoms with Crippen LogP contribution in [0.25, 0.3) is 0 Å². The van der Waals surface area contributed by atoms with Crippen molar-refractivity contribution in [3.05, 3.63) is 101 Å². The Bertz CT molecular complexity index is 1020. The van der Waals surface area contributed by atoms with Gasteiger partial charge in [-0.25, -0.2) is 0 Å². The normalized spacial score (nSPS) is 11.3. The summed E-state index contributed by atoms with van der Waals surface area (Å²) in [7, 11) is 0. The van der Waals surface area contributed by atoms with Crippen molar-refractivity contribution in [2.24, 2.45) is 0 Å². The van der Waals surface area contributed by atoms with Crippen molar-refractivity contribution < 1.29 is 14.4 Å². The zero-order valence-electron chi connectivity index (χ0n) is 16.7. The van der Waals surface area contributed by atoms with Crippen LogP contribution in [0.2, 0.25) is 5.02 Å². The average molecular weight is 436 g/mol. The molecule has 0 aromatic heterocycles. The molecule has 0 bridgehead atoms. The van der Waals surface area contributed by atoms with Gasteiger partial charge in [-0.05, 0) is 48.4 Å². The molecular formula is C24H22ClN3O3. The highest BCUT2D eigenvalue weighted by atomic mass is 35.5. The van der Waals surface area contributed by atoms with Crippen LogP contribution in [0.4, 0.5) is 5.69 Å². The first-order valence-corrected chi connectivity index (χ1v) is 10.1. The van der Waals surface area contributed by atoms with E-state index in [2.05, 4.69) is 16.0 Å². The van der Waals surface area contributed by atoms with Crippen LogP contribution in [0.15, 0.2) is 84.9 Å². The molecule has 31 heavy (non-hydrogen) atoms. The molecule has 0 spiro atoms. The van der Waals surface area contributed by atoms with Gasteiger partial charge in [0.1, 0.15) is 0 Å². The quantitative estimate of drug-likeness (QED) is 0.470. The summed E-state index contributed by atoms with van der Waals surface area (Å²) in [4.78, 5) is 37.8. The number of anilines is 1. The van der Waals surface area contributed by atoms with E-state index in [9.17, 15) is 14.4 Å². The summed E-state index contributed by atoms with van der Waals surface area (Å²) < 4.78 is 0. The van der Waals surface area contributed by atoms with Crippen LogP contribution in [0.5, 0.6) is 0 Å². The highest BCUT2D eigenvalue weighted by Gasteiger charge is 2.23. The lowest BCUT2D eigenvalue weighted by atomic mass is 10.1. The van der Waals surface area contributed by atoms with Crippen molar-refractivity contribution in [1.82, 2.24) is 10.6 Å². The summed E-state index contributed by atoms with van der Waals surface area (Å²) in [5.41, 5.74) is 1.88. The number of amides is 3. The van der Waals surface area contributed by atoms with Gasteiger partial charge < -0.3 is 16.0 Å². The summed E-state index contributed by atoms with van der Waals surface area (Å²) in [5, 5.41) is 8.40. The van der Waals surface area contributed by atoms with Gasteiger partial charge in [-0.2, -0.15) is 0 Å². The van der Waals surface area contributed by atoms with Gasteiger partial charge in [-0.15, -0.1) is 0 Å². The van der Waals surface area contributed by atoms with Gasteiger partial charge in [0.05, 0.1) is 0 Å². The predicted octanol–water partition coefficient (Wildman–Crippen LogP) is 3.78. The molecule has 6 nitrogen and oxygen atoms in total. The molecule has 0 radical (unpaired) electrons. The smallest absolute Gasteiger partial charge is 0.267 e. The third kappa shape index (κ3) is 6.97. The van der Waals surface area contributed by atoms with Crippen LogP contribution >= 0.6 is 11.6 Å². The molecule has 7 heteroatoms. The minimum Gasteiger partial charge on any atom is -0.328 e. The maximum absolute atomic E-state index is 12.8. The van der Waals surface area contributed by atoms with Crippen LogP contribution in [0.1, 0.15) is 22.3 Å². The van der Waals surface area contributed by atoms with Crippen molar-refractivity contribution in [2.75, 3.05) is 5.32 Å². The standard InChI is InChI=1S/C24H22ClN3O3/c25-19-12-14-20(15-13-19)26-24(31)22(28-23(30)18-9-5-2-6-10-18)27-21(29)16-11-17-7-3-1-4-8-17/h1-10,12-15,22H,11,16H2,(H,26,31)(H,27,29)(H,28,30). The van der Waals surface area contributed by atoms with Crippen LogP contribution in [0.3, 0.4) is 0 Å². The van der Waals surface area contributed by atoms with Crippen molar-refractivity contribution in [3.8, 4) is 0 Å². The number of carbonyl (C=O) groups excluding carboxylic acids is 3. The number of aryl methyl sites for hydroxylation is 1. The number of hydrogen-bond acceptors (Lipinski definition) is 3. The molecule has 3 rings (SSSR count). The van der Waals surface area contributed by atoms with Gasteiger partial charge >= 0.3 is 0 Å². The zero-order valence-corrected chi connectivity index (χ0v) is 17.4. The fourth-order valence-corrected chi connectivity index (χ4v) is 2.98. The second kappa shape index (κ2) is 10.9. The average Bonchev–Trinajstić information content (AvgIpc) is 2.80. The van der Waals surface area contributed by atoms with Crippen LogP contribution in [-0.2, 0) is 16.0 Å². The Kier molecular flexibility index (Phi) is 7.79. The lowest BCUT2D eigenvalue weighted by Crippen LogP contribution is -2.54. The summed E-state index contributed by atoms with van der Waals surface area (Å²) in [6.07, 6.45) is -0.549. The minimum atomic E-state index is -1.24. The molecular weight excluding hydrogens is 414 g/mol. The van der Waals surface area contributed by atoms with E-state index in [-0.39, 0.29) is 12.3 Å². The number of benzene rings is 3. The highest BCUT2D eigenvalue weighted by molar-refractivity contribution is 6.30. The largest absolute Gasteiger partial charge is 0.328 e. The van der Waals surface area contributed by atoms with Gasteiger partial charge in [0.25, 0.3) is 11.8 Å². The van der Waals surface area contributed by atoms with Crippen LogP contribution in [0, 0.1) is 0 Å². The minimum absolute atomic E-state index is 0.177. The van der Waals surface area contributed by atoms with Crippen LogP contribution < -0.4 is 16.0 Å². The predicted molar refractivity (Wildman–Crippen MR) is 121 cm³/mol. The van der Waals surface area contributed by atoms with E-state index in [0.717, 1.165) is 5.56 Å². The van der Waals surface area contributed by atoms with Gasteiger partial charge in [0.2, 0.25) is 5.91 Å². The van der Waals surface area contributed by atoms with E-state index in [1.165, 1.54) is 0 Å². The Morgan fingerprint density at radius 3 is 2.03 bits per heavy atom. The molecule has 0 fully saturated rings. The third-order valence-corrected chi connectivity index (χ3v) is 4.73. The molecule has 1 atom stereocenters. The Hall–Kier alpha value is -3.64. The van der Waals surface area contributed by atoms with Crippen molar-refractivity contribution in [2.45, 2.75) is 19.0 Å². The molecule has 158 valence electrons. The number of hydrogen-bond donors (Lipinski definition) is 3. The van der Waals surface area contributed by atoms with E-state index in [1.807, 2.05) is 30.3 Å². The maximum atomic E-state index is 12.8. The first-order valence-electron chi connectivity index (χ1n) is 9.77. The summed E-state index contributed by atoms with van der Waals surface area (Å²) >= 11 is 5.87. The van der Waals surface area contributed by atoms with Gasteiger partial charge in [-0.1, -0.05) is 60.1 Å². The second-order valence-electron chi connectivity index (χ2n) is 6.82. The molecule has 0 saturated heterocycles. The fraction of sp³-hybridized carbons (Fsp3) is 0.125. The molecule has 0 aliphatic carbocycles. The molecule has 0 heterocycles. The molecule has 3 N–H and O–H groups in total. The molecule has 0 aliphatic heterocycles. The second-order valence-corrected chi connectivity index (χ2v) is 7.26. The van der Waals surface area contributed by atoms with Gasteiger partial charge in [0.15, 0.2) is 6.17 Å². The first kappa shape index (κ1) is 22.1. The maximum Gasteiger partial charge on any atom is 0.267 e. The van der Waals surface area contributed by atoms with Crippen LogP contribution in [-0.4, -0.2) is 23.9 Å². The Morgan fingerprint density at radius 1 is 0.774 bits per heavy atom. The van der Waals surface area contributed by atoms with Gasteiger partial charge in [0, 0.05) is 22.7 Å². The Morgan fingerprint density at radius 2 is 1.39 bits per heavy atom. The number of carbonyl (C=O) groups is 3.